The minimum atomic E-state index is 0.433. The van der Waals surface area contributed by atoms with E-state index >= 15 is 0 Å². The van der Waals surface area contributed by atoms with Crippen molar-refractivity contribution in [2.24, 2.45) is 0 Å². The largest absolute Gasteiger partial charge is 0.349 e. The van der Waals surface area contributed by atoms with Crippen molar-refractivity contribution in [1.29, 1.82) is 0 Å². The lowest BCUT2D eigenvalue weighted by Crippen LogP contribution is -2.33. The van der Waals surface area contributed by atoms with E-state index in [1.54, 1.807) is 0 Å². The molecule has 0 aliphatic rings. The zero-order chi connectivity index (χ0) is 12.8. The number of aromatic nitrogens is 2. The number of hydrogen-bond donors (Lipinski definition) is 2. The number of likely N-dealkylation sites (N-methyl/N-ethyl adjacent to an activating group) is 1. The van der Waals surface area contributed by atoms with Crippen LogP contribution in [-0.4, -0.2) is 22.6 Å². The van der Waals surface area contributed by atoms with Crippen molar-refractivity contribution in [3.8, 4) is 0 Å². The molecular formula is C15H21N3. The predicted octanol–water partition coefficient (Wildman–Crippen LogP) is 2.48. The Morgan fingerprint density at radius 3 is 2.78 bits per heavy atom. The molecule has 0 aliphatic carbocycles. The summed E-state index contributed by atoms with van der Waals surface area (Å²) in [5.74, 6) is 1.05. The highest BCUT2D eigenvalue weighted by atomic mass is 14.9. The molecule has 0 fully saturated rings. The van der Waals surface area contributed by atoms with Crippen LogP contribution in [0, 0.1) is 6.92 Å². The van der Waals surface area contributed by atoms with Crippen LogP contribution in [0.1, 0.15) is 23.9 Å². The fourth-order valence-corrected chi connectivity index (χ4v) is 2.25. The predicted molar refractivity (Wildman–Crippen MR) is 74.6 cm³/mol. The Morgan fingerprint density at radius 1 is 1.28 bits per heavy atom. The summed E-state index contributed by atoms with van der Waals surface area (Å²) < 4.78 is 0. The first-order chi connectivity index (χ1) is 8.79. The molecule has 1 heterocycles. The summed E-state index contributed by atoms with van der Waals surface area (Å²) in [5, 5.41) is 3.54. The van der Waals surface area contributed by atoms with Gasteiger partial charge in [-0.1, -0.05) is 31.2 Å². The normalized spacial score (nSPS) is 12.6. The van der Waals surface area contributed by atoms with Crippen molar-refractivity contribution in [3.63, 3.8) is 0 Å². The molecule has 1 atom stereocenters. The molecule has 0 saturated heterocycles. The number of hydrogen-bond acceptors (Lipinski definition) is 2. The van der Waals surface area contributed by atoms with Crippen molar-refractivity contribution in [2.45, 2.75) is 32.7 Å². The second-order valence-corrected chi connectivity index (χ2v) is 4.63. The van der Waals surface area contributed by atoms with Crippen LogP contribution in [0.25, 0.3) is 0 Å². The van der Waals surface area contributed by atoms with Gasteiger partial charge in [-0.3, -0.25) is 0 Å². The van der Waals surface area contributed by atoms with Crippen molar-refractivity contribution < 1.29 is 0 Å². The lowest BCUT2D eigenvalue weighted by Gasteiger charge is -2.18. The number of imidazole rings is 1. The third-order valence-electron chi connectivity index (χ3n) is 3.21. The van der Waals surface area contributed by atoms with Crippen LogP contribution in [0.3, 0.4) is 0 Å². The molecule has 0 amide bonds. The second kappa shape index (κ2) is 6.36. The summed E-state index contributed by atoms with van der Waals surface area (Å²) in [6, 6.07) is 9.01. The fourth-order valence-electron chi connectivity index (χ4n) is 2.25. The molecule has 0 radical (unpaired) electrons. The van der Waals surface area contributed by atoms with Gasteiger partial charge < -0.3 is 10.3 Å². The Bertz CT molecular complexity index is 462. The Kier molecular flexibility index (Phi) is 4.53. The van der Waals surface area contributed by atoms with E-state index in [4.69, 9.17) is 0 Å². The number of aryl methyl sites for hydroxylation is 1. The average Bonchev–Trinajstić information content (AvgIpc) is 2.85. The van der Waals surface area contributed by atoms with Crippen LogP contribution in [0.5, 0.6) is 0 Å². The third-order valence-corrected chi connectivity index (χ3v) is 3.21. The van der Waals surface area contributed by atoms with Gasteiger partial charge in [0.2, 0.25) is 0 Å². The number of rotatable bonds is 6. The van der Waals surface area contributed by atoms with Gasteiger partial charge in [-0.2, -0.15) is 0 Å². The van der Waals surface area contributed by atoms with Crippen LogP contribution < -0.4 is 5.32 Å². The van der Waals surface area contributed by atoms with Gasteiger partial charge in [-0.15, -0.1) is 0 Å². The first-order valence-electron chi connectivity index (χ1n) is 6.55. The summed E-state index contributed by atoms with van der Waals surface area (Å²) in [7, 11) is 0. The van der Waals surface area contributed by atoms with E-state index in [1.807, 2.05) is 12.4 Å². The van der Waals surface area contributed by atoms with E-state index < -0.39 is 0 Å². The maximum absolute atomic E-state index is 4.31. The summed E-state index contributed by atoms with van der Waals surface area (Å²) in [6.45, 7) is 5.30. The number of nitrogens with one attached hydrogen (secondary N) is 2. The van der Waals surface area contributed by atoms with E-state index in [1.165, 1.54) is 11.1 Å². The van der Waals surface area contributed by atoms with Gasteiger partial charge in [-0.25, -0.2) is 4.98 Å². The van der Waals surface area contributed by atoms with E-state index in [0.29, 0.717) is 6.04 Å². The Balaban J connectivity index is 2.04. The van der Waals surface area contributed by atoms with Crippen LogP contribution in [0.15, 0.2) is 36.7 Å². The molecule has 1 aromatic heterocycles. The zero-order valence-electron chi connectivity index (χ0n) is 11.1. The van der Waals surface area contributed by atoms with Crippen molar-refractivity contribution in [3.05, 3.63) is 53.6 Å². The molecule has 0 spiro atoms. The second-order valence-electron chi connectivity index (χ2n) is 4.63. The zero-order valence-corrected chi connectivity index (χ0v) is 11.1. The van der Waals surface area contributed by atoms with Gasteiger partial charge in [0.25, 0.3) is 0 Å². The molecule has 0 bridgehead atoms. The number of benzene rings is 1. The Morgan fingerprint density at radius 2 is 2.11 bits per heavy atom. The van der Waals surface area contributed by atoms with E-state index in [9.17, 15) is 0 Å². The maximum atomic E-state index is 4.31. The monoisotopic (exact) mass is 243 g/mol. The molecular weight excluding hydrogens is 222 g/mol. The molecule has 0 aliphatic heterocycles. The topological polar surface area (TPSA) is 40.7 Å². The SMILES string of the molecule is CCNC(Cc1ncc[nH]1)Cc1ccccc1C. The molecule has 3 nitrogen and oxygen atoms in total. The van der Waals surface area contributed by atoms with Gasteiger partial charge in [0.1, 0.15) is 5.82 Å². The van der Waals surface area contributed by atoms with Crippen LogP contribution in [0.2, 0.25) is 0 Å². The molecule has 1 aromatic carbocycles. The number of nitrogens with zero attached hydrogens (tertiary/aromatic N) is 1. The van der Waals surface area contributed by atoms with Gasteiger partial charge in [0, 0.05) is 24.9 Å². The highest BCUT2D eigenvalue weighted by Gasteiger charge is 2.11. The van der Waals surface area contributed by atoms with Gasteiger partial charge in [0.15, 0.2) is 0 Å². The molecule has 2 aromatic rings. The summed E-state index contributed by atoms with van der Waals surface area (Å²) >= 11 is 0. The molecule has 96 valence electrons. The molecule has 1 unspecified atom stereocenters. The summed E-state index contributed by atoms with van der Waals surface area (Å²) in [5.41, 5.74) is 2.77. The first kappa shape index (κ1) is 12.8. The highest BCUT2D eigenvalue weighted by molar-refractivity contribution is 5.26. The lowest BCUT2D eigenvalue weighted by molar-refractivity contribution is 0.511. The standard InChI is InChI=1S/C15H21N3/c1-3-16-14(11-15-17-8-9-18-15)10-13-7-5-4-6-12(13)2/h4-9,14,16H,3,10-11H2,1-2H3,(H,17,18). The van der Waals surface area contributed by atoms with Gasteiger partial charge in [0.05, 0.1) is 0 Å². The van der Waals surface area contributed by atoms with Crippen molar-refractivity contribution in [2.75, 3.05) is 6.54 Å². The van der Waals surface area contributed by atoms with Crippen LogP contribution in [0.4, 0.5) is 0 Å². The van der Waals surface area contributed by atoms with Crippen molar-refractivity contribution in [1.82, 2.24) is 15.3 Å². The fraction of sp³-hybridized carbons (Fsp3) is 0.400. The Labute approximate surface area is 109 Å². The van der Waals surface area contributed by atoms with E-state index in [0.717, 1.165) is 25.2 Å². The van der Waals surface area contributed by atoms with Crippen LogP contribution >= 0.6 is 0 Å². The molecule has 3 heteroatoms. The lowest BCUT2D eigenvalue weighted by atomic mass is 9.99. The summed E-state index contributed by atoms with van der Waals surface area (Å²) in [4.78, 5) is 7.48. The smallest absolute Gasteiger partial charge is 0.107 e. The average molecular weight is 243 g/mol. The van der Waals surface area contributed by atoms with Crippen LogP contribution in [-0.2, 0) is 12.8 Å². The van der Waals surface area contributed by atoms with E-state index in [-0.39, 0.29) is 0 Å². The molecule has 0 saturated carbocycles. The minimum absolute atomic E-state index is 0.433. The number of aromatic amines is 1. The molecule has 18 heavy (non-hydrogen) atoms. The Hall–Kier alpha value is -1.61. The quantitative estimate of drug-likeness (QED) is 0.818. The highest BCUT2D eigenvalue weighted by Crippen LogP contribution is 2.11. The summed E-state index contributed by atoms with van der Waals surface area (Å²) in [6.07, 6.45) is 5.68. The first-order valence-corrected chi connectivity index (χ1v) is 6.55. The maximum Gasteiger partial charge on any atom is 0.107 e. The minimum Gasteiger partial charge on any atom is -0.349 e. The molecule has 2 rings (SSSR count). The van der Waals surface area contributed by atoms with Gasteiger partial charge >= 0.3 is 0 Å². The van der Waals surface area contributed by atoms with Gasteiger partial charge in [-0.05, 0) is 31.0 Å². The molecule has 2 N–H and O–H groups in total. The van der Waals surface area contributed by atoms with Crippen molar-refractivity contribution >= 4 is 0 Å². The number of H-pyrrole nitrogens is 1. The third kappa shape index (κ3) is 3.44. The van der Waals surface area contributed by atoms with E-state index in [2.05, 4.69) is 53.4 Å².